The van der Waals surface area contributed by atoms with Crippen molar-refractivity contribution in [2.45, 2.75) is 6.17 Å². The molecule has 1 atom stereocenters. The molecule has 0 spiro atoms. The van der Waals surface area contributed by atoms with E-state index in [0.717, 1.165) is 16.8 Å². The molecule has 1 amide bonds. The molecule has 1 unspecified atom stereocenters. The number of morpholine rings is 1. The average molecular weight is 499 g/mol. The van der Waals surface area contributed by atoms with E-state index >= 15 is 0 Å². The third kappa shape index (κ3) is 4.66. The number of amides is 1. The number of fused-ring (bicyclic) bond motifs is 1. The van der Waals surface area contributed by atoms with Gasteiger partial charge in [0.1, 0.15) is 5.82 Å². The van der Waals surface area contributed by atoms with E-state index < -0.39 is 12.0 Å². The zero-order valence-corrected chi connectivity index (χ0v) is 19.7. The first-order chi connectivity index (χ1) is 18.2. The number of halogens is 1. The van der Waals surface area contributed by atoms with Crippen LogP contribution in [-0.2, 0) is 9.53 Å². The van der Waals surface area contributed by atoms with Crippen LogP contribution in [0.5, 0.6) is 0 Å². The van der Waals surface area contributed by atoms with Crippen LogP contribution in [0.15, 0.2) is 82.2 Å². The third-order valence-corrected chi connectivity index (χ3v) is 6.22. The highest BCUT2D eigenvalue weighted by molar-refractivity contribution is 6.19. The quantitative estimate of drug-likeness (QED) is 0.429. The van der Waals surface area contributed by atoms with Crippen LogP contribution in [0.2, 0.25) is 0 Å². The summed E-state index contributed by atoms with van der Waals surface area (Å²) in [6.07, 6.45) is -1.04. The van der Waals surface area contributed by atoms with E-state index in [-0.39, 0.29) is 17.8 Å². The fourth-order valence-corrected chi connectivity index (χ4v) is 4.45. The number of nitrogens with zero attached hydrogens (tertiary/aromatic N) is 4. The van der Waals surface area contributed by atoms with Crippen molar-refractivity contribution < 1.29 is 18.3 Å². The lowest BCUT2D eigenvalue weighted by Gasteiger charge is -2.30. The molecule has 3 heterocycles. The second kappa shape index (κ2) is 9.82. The summed E-state index contributed by atoms with van der Waals surface area (Å²) in [5.74, 6) is -0.663. The molecule has 37 heavy (non-hydrogen) atoms. The molecule has 3 aromatic carbocycles. The van der Waals surface area contributed by atoms with Crippen LogP contribution in [-0.4, -0.2) is 54.3 Å². The smallest absolute Gasteiger partial charge is 0.317 e. The fourth-order valence-electron chi connectivity index (χ4n) is 4.45. The van der Waals surface area contributed by atoms with Crippen molar-refractivity contribution in [3.05, 3.63) is 89.7 Å². The molecule has 2 N–H and O–H groups in total. The summed E-state index contributed by atoms with van der Waals surface area (Å²) in [6.45, 7) is 2.48. The van der Waals surface area contributed by atoms with Crippen molar-refractivity contribution in [2.24, 2.45) is 4.99 Å². The molecule has 2 aliphatic rings. The average Bonchev–Trinajstić information content (AvgIpc) is 3.35. The number of anilines is 3. The van der Waals surface area contributed by atoms with Gasteiger partial charge in [-0.15, -0.1) is 5.10 Å². The number of hydrogen-bond donors (Lipinski definition) is 2. The molecule has 4 aromatic rings. The first kappa shape index (κ1) is 22.9. The number of hydrogen-bond acceptors (Lipinski definition) is 8. The number of para-hydroxylation sites is 1. The van der Waals surface area contributed by atoms with Crippen molar-refractivity contribution in [1.29, 1.82) is 0 Å². The number of carbonyl (C=O) groups excluding carboxylic acids is 1. The van der Waals surface area contributed by atoms with Gasteiger partial charge in [-0.2, -0.15) is 0 Å². The zero-order chi connectivity index (χ0) is 25.2. The van der Waals surface area contributed by atoms with Crippen LogP contribution in [0.4, 0.5) is 21.8 Å². The molecule has 1 fully saturated rings. The maximum Gasteiger partial charge on any atom is 0.317 e. The minimum absolute atomic E-state index is 0.00513. The molecule has 0 radical (unpaired) electrons. The lowest BCUT2D eigenvalue weighted by molar-refractivity contribution is -0.116. The predicted molar refractivity (Wildman–Crippen MR) is 137 cm³/mol. The molecule has 186 valence electrons. The summed E-state index contributed by atoms with van der Waals surface area (Å²) in [4.78, 5) is 19.9. The van der Waals surface area contributed by atoms with Gasteiger partial charge in [-0.3, -0.25) is 4.79 Å². The molecule has 0 saturated carbocycles. The van der Waals surface area contributed by atoms with Crippen molar-refractivity contribution >= 4 is 29.0 Å². The van der Waals surface area contributed by atoms with Crippen molar-refractivity contribution in [3.8, 4) is 11.5 Å². The number of aromatic nitrogens is 2. The topological polar surface area (TPSA) is 105 Å². The maximum atomic E-state index is 14.2. The van der Waals surface area contributed by atoms with Gasteiger partial charge >= 0.3 is 6.01 Å². The summed E-state index contributed by atoms with van der Waals surface area (Å²) < 4.78 is 25.5. The molecule has 0 aliphatic carbocycles. The number of benzene rings is 3. The Labute approximate surface area is 212 Å². The predicted octanol–water partition coefficient (Wildman–Crippen LogP) is 3.94. The summed E-state index contributed by atoms with van der Waals surface area (Å²) >= 11 is 0. The lowest BCUT2D eigenvalue weighted by atomic mass is 10.0. The molecule has 10 heteroatoms. The number of carbonyl (C=O) groups is 1. The molecular formula is C27H23FN6O3. The second-order valence-corrected chi connectivity index (χ2v) is 8.60. The van der Waals surface area contributed by atoms with E-state index in [0.29, 0.717) is 43.3 Å². The third-order valence-electron chi connectivity index (χ3n) is 6.22. The van der Waals surface area contributed by atoms with E-state index in [4.69, 9.17) is 14.1 Å². The maximum absolute atomic E-state index is 14.2. The van der Waals surface area contributed by atoms with Gasteiger partial charge in [-0.1, -0.05) is 53.6 Å². The Morgan fingerprint density at radius 2 is 1.73 bits per heavy atom. The standard InChI is InChI=1S/C27H23FN6O3/c28-18-10-11-22(34-12-14-36-15-13-34)20(16-18)26-32-33-27(37-26)31-24-25(35)29-21-9-5-4-8-19(21)23(30-24)17-6-2-1-3-7-17/h1-11,16,24H,12-15H2,(H,29,35)(H,31,33). The summed E-state index contributed by atoms with van der Waals surface area (Å²) in [7, 11) is 0. The largest absolute Gasteiger partial charge is 0.403 e. The van der Waals surface area contributed by atoms with Crippen molar-refractivity contribution in [3.63, 3.8) is 0 Å². The van der Waals surface area contributed by atoms with Crippen molar-refractivity contribution in [2.75, 3.05) is 41.8 Å². The first-order valence-electron chi connectivity index (χ1n) is 11.9. The summed E-state index contributed by atoms with van der Waals surface area (Å²) in [5.41, 5.74) is 4.19. The minimum atomic E-state index is -1.04. The Morgan fingerprint density at radius 1 is 0.946 bits per heavy atom. The van der Waals surface area contributed by atoms with Crippen LogP contribution in [0.1, 0.15) is 11.1 Å². The van der Waals surface area contributed by atoms with E-state index in [2.05, 4.69) is 25.7 Å². The number of rotatable bonds is 5. The van der Waals surface area contributed by atoms with Crippen LogP contribution in [0, 0.1) is 5.82 Å². The van der Waals surface area contributed by atoms with Gasteiger partial charge in [0.25, 0.3) is 11.8 Å². The Bertz CT molecular complexity index is 1470. The van der Waals surface area contributed by atoms with Crippen molar-refractivity contribution in [1.82, 2.24) is 10.2 Å². The molecule has 9 nitrogen and oxygen atoms in total. The van der Waals surface area contributed by atoms with Gasteiger partial charge in [-0.05, 0) is 24.3 Å². The van der Waals surface area contributed by atoms with Crippen LogP contribution < -0.4 is 15.5 Å². The van der Waals surface area contributed by atoms with Crippen LogP contribution in [0.3, 0.4) is 0 Å². The number of nitrogens with one attached hydrogen (secondary N) is 2. The first-order valence-corrected chi connectivity index (χ1v) is 11.9. The van der Waals surface area contributed by atoms with Gasteiger partial charge < -0.3 is 24.7 Å². The van der Waals surface area contributed by atoms with Gasteiger partial charge in [0.05, 0.1) is 30.2 Å². The number of aliphatic imine (C=N–C) groups is 1. The van der Waals surface area contributed by atoms with Gasteiger partial charge in [-0.25, -0.2) is 9.38 Å². The minimum Gasteiger partial charge on any atom is -0.403 e. The fraction of sp³-hybridized carbons (Fsp3) is 0.185. The summed E-state index contributed by atoms with van der Waals surface area (Å²) in [6, 6.07) is 21.6. The Balaban J connectivity index is 1.33. The monoisotopic (exact) mass is 498 g/mol. The van der Waals surface area contributed by atoms with E-state index in [1.807, 2.05) is 54.6 Å². The van der Waals surface area contributed by atoms with Gasteiger partial charge in [0, 0.05) is 29.9 Å². The highest BCUT2D eigenvalue weighted by Crippen LogP contribution is 2.32. The van der Waals surface area contributed by atoms with E-state index in [1.165, 1.54) is 12.1 Å². The molecule has 0 bridgehead atoms. The molecule has 1 saturated heterocycles. The Morgan fingerprint density at radius 3 is 2.57 bits per heavy atom. The number of ether oxygens (including phenoxy) is 1. The van der Waals surface area contributed by atoms with E-state index in [9.17, 15) is 9.18 Å². The SMILES string of the molecule is O=C1Nc2ccccc2C(c2ccccc2)=NC1Nc1nnc(-c2cc(F)ccc2N2CCOCC2)o1. The Hall–Kier alpha value is -4.57. The molecule has 1 aromatic heterocycles. The summed E-state index contributed by atoms with van der Waals surface area (Å²) in [5, 5.41) is 14.1. The van der Waals surface area contributed by atoms with E-state index in [1.54, 1.807) is 6.07 Å². The normalized spacial score (nSPS) is 17.4. The molecule has 2 aliphatic heterocycles. The number of benzodiazepines with no additional fused rings is 1. The molecule has 6 rings (SSSR count). The highest BCUT2D eigenvalue weighted by Gasteiger charge is 2.28. The van der Waals surface area contributed by atoms with Gasteiger partial charge in [0.2, 0.25) is 6.17 Å². The lowest BCUT2D eigenvalue weighted by Crippen LogP contribution is -2.36. The second-order valence-electron chi connectivity index (χ2n) is 8.60. The zero-order valence-electron chi connectivity index (χ0n) is 19.7. The van der Waals surface area contributed by atoms with Crippen LogP contribution in [0.25, 0.3) is 11.5 Å². The van der Waals surface area contributed by atoms with Crippen LogP contribution >= 0.6 is 0 Å². The Kier molecular flexibility index (Phi) is 6.07. The van der Waals surface area contributed by atoms with Gasteiger partial charge in [0.15, 0.2) is 0 Å². The highest BCUT2D eigenvalue weighted by atomic mass is 19.1. The molecular weight excluding hydrogens is 475 g/mol.